The fraction of sp³-hybridized carbons (Fsp3) is 0.500. The number of allylic oxidation sites excluding steroid dienone is 2. The lowest BCUT2D eigenvalue weighted by Gasteiger charge is -2.27. The van der Waals surface area contributed by atoms with Crippen LogP contribution in [0.3, 0.4) is 0 Å². The Bertz CT molecular complexity index is 481. The van der Waals surface area contributed by atoms with Crippen LogP contribution in [0, 0.1) is 17.3 Å². The van der Waals surface area contributed by atoms with Crippen molar-refractivity contribution >= 4 is 0 Å². The Hall–Kier alpha value is -1.04. The molecule has 0 aromatic heterocycles. The van der Waals surface area contributed by atoms with Gasteiger partial charge in [0.05, 0.1) is 0 Å². The van der Waals surface area contributed by atoms with Crippen LogP contribution >= 0.6 is 0 Å². The van der Waals surface area contributed by atoms with Gasteiger partial charge in [0.15, 0.2) is 0 Å². The number of hydrogen-bond donors (Lipinski definition) is 0. The van der Waals surface area contributed by atoms with Gasteiger partial charge in [-0.05, 0) is 46.6 Å². The molecule has 0 spiro atoms. The highest BCUT2D eigenvalue weighted by Crippen LogP contribution is 2.71. The van der Waals surface area contributed by atoms with Crippen molar-refractivity contribution in [2.45, 2.75) is 32.1 Å². The summed E-state index contributed by atoms with van der Waals surface area (Å²) in [6, 6.07) is 9.16. The Labute approximate surface area is 97.4 Å². The molecule has 0 radical (unpaired) electrons. The van der Waals surface area contributed by atoms with Gasteiger partial charge in [-0.15, -0.1) is 0 Å². The summed E-state index contributed by atoms with van der Waals surface area (Å²) in [6.45, 7) is 4.96. The highest BCUT2D eigenvalue weighted by molar-refractivity contribution is 5.48. The van der Waals surface area contributed by atoms with Crippen LogP contribution in [0.5, 0.6) is 0 Å². The highest BCUT2D eigenvalue weighted by atomic mass is 14.6. The third-order valence-corrected chi connectivity index (χ3v) is 5.34. The second-order valence-corrected chi connectivity index (χ2v) is 6.31. The SMILES string of the molecule is CC1(C)[C@@H]2c3ccccc3[C@H]1[C@H]1CC=C[C@H]12. The Morgan fingerprint density at radius 3 is 2.50 bits per heavy atom. The Kier molecular flexibility index (Phi) is 1.48. The number of fused-ring (bicyclic) bond motifs is 8. The highest BCUT2D eigenvalue weighted by Gasteiger charge is 2.61. The van der Waals surface area contributed by atoms with E-state index in [0.717, 1.165) is 23.7 Å². The first-order chi connectivity index (χ1) is 7.71. The van der Waals surface area contributed by atoms with E-state index in [9.17, 15) is 0 Å². The predicted octanol–water partition coefficient (Wildman–Crippen LogP) is 4.10. The van der Waals surface area contributed by atoms with E-state index in [1.807, 2.05) is 0 Å². The number of benzene rings is 1. The van der Waals surface area contributed by atoms with E-state index < -0.39 is 0 Å². The molecule has 0 heterocycles. The van der Waals surface area contributed by atoms with Gasteiger partial charge in [-0.3, -0.25) is 0 Å². The summed E-state index contributed by atoms with van der Waals surface area (Å²) in [6.07, 6.45) is 6.22. The second-order valence-electron chi connectivity index (χ2n) is 6.31. The van der Waals surface area contributed by atoms with Crippen LogP contribution in [0.4, 0.5) is 0 Å². The van der Waals surface area contributed by atoms with Crippen LogP contribution in [-0.2, 0) is 0 Å². The molecule has 4 atom stereocenters. The summed E-state index contributed by atoms with van der Waals surface area (Å²) in [5.41, 5.74) is 3.77. The van der Waals surface area contributed by atoms with E-state index in [1.165, 1.54) is 6.42 Å². The largest absolute Gasteiger partial charge is 0.0879 e. The molecular weight excluding hydrogens is 192 g/mol. The zero-order chi connectivity index (χ0) is 10.9. The minimum absolute atomic E-state index is 0.476. The molecule has 3 aliphatic carbocycles. The summed E-state index contributed by atoms with van der Waals surface area (Å²) in [7, 11) is 0. The lowest BCUT2D eigenvalue weighted by molar-refractivity contribution is 0.302. The van der Waals surface area contributed by atoms with Gasteiger partial charge >= 0.3 is 0 Å². The normalized spacial score (nSPS) is 41.1. The molecule has 3 aliphatic rings. The first-order valence-corrected chi connectivity index (χ1v) is 6.47. The van der Waals surface area contributed by atoms with Crippen LogP contribution < -0.4 is 0 Å². The molecular formula is C16H18. The average Bonchev–Trinajstić information content (AvgIpc) is 2.84. The zero-order valence-electron chi connectivity index (χ0n) is 9.98. The van der Waals surface area contributed by atoms with Crippen molar-refractivity contribution in [2.75, 3.05) is 0 Å². The second kappa shape index (κ2) is 2.61. The summed E-state index contributed by atoms with van der Waals surface area (Å²) in [5, 5.41) is 0. The summed E-state index contributed by atoms with van der Waals surface area (Å²) in [4.78, 5) is 0. The minimum atomic E-state index is 0.476. The Morgan fingerprint density at radius 2 is 1.75 bits per heavy atom. The van der Waals surface area contributed by atoms with E-state index in [-0.39, 0.29) is 0 Å². The molecule has 1 fully saturated rings. The lowest BCUT2D eigenvalue weighted by Crippen LogP contribution is -2.17. The Balaban J connectivity index is 1.98. The standard InChI is InChI=1S/C16H18/c1-16(2)14-10-6-3-4-7-11(10)15(16)13-9-5-8-12(13)14/h3-8,12-15H,9H2,1-2H3/t12-,13+,14-,15+/m1/s1. The van der Waals surface area contributed by atoms with E-state index in [4.69, 9.17) is 0 Å². The zero-order valence-corrected chi connectivity index (χ0v) is 9.98. The fourth-order valence-electron chi connectivity index (χ4n) is 4.97. The first kappa shape index (κ1) is 9.04. The first-order valence-electron chi connectivity index (χ1n) is 6.47. The molecule has 0 heteroatoms. The van der Waals surface area contributed by atoms with Gasteiger partial charge in [-0.2, -0.15) is 0 Å². The quantitative estimate of drug-likeness (QED) is 0.565. The topological polar surface area (TPSA) is 0 Å². The van der Waals surface area contributed by atoms with E-state index >= 15 is 0 Å². The van der Waals surface area contributed by atoms with Crippen molar-refractivity contribution in [2.24, 2.45) is 17.3 Å². The van der Waals surface area contributed by atoms with E-state index in [1.54, 1.807) is 11.1 Å². The van der Waals surface area contributed by atoms with Crippen LogP contribution in [0.25, 0.3) is 0 Å². The van der Waals surface area contributed by atoms with Crippen molar-refractivity contribution in [1.82, 2.24) is 0 Å². The molecule has 0 N–H and O–H groups in total. The summed E-state index contributed by atoms with van der Waals surface area (Å²) >= 11 is 0. The molecule has 0 nitrogen and oxygen atoms in total. The predicted molar refractivity (Wildman–Crippen MR) is 66.4 cm³/mol. The fourth-order valence-corrected chi connectivity index (χ4v) is 4.97. The van der Waals surface area contributed by atoms with Crippen molar-refractivity contribution in [3.63, 3.8) is 0 Å². The Morgan fingerprint density at radius 1 is 1.06 bits per heavy atom. The maximum atomic E-state index is 2.49. The smallest absolute Gasteiger partial charge is 0.00359 e. The maximum absolute atomic E-state index is 2.49. The molecule has 1 saturated carbocycles. The summed E-state index contributed by atoms with van der Waals surface area (Å²) in [5.74, 6) is 3.30. The van der Waals surface area contributed by atoms with Gasteiger partial charge in [0, 0.05) is 0 Å². The molecule has 1 aromatic rings. The minimum Gasteiger partial charge on any atom is -0.0879 e. The van der Waals surface area contributed by atoms with E-state index in [2.05, 4.69) is 50.3 Å². The molecule has 0 aliphatic heterocycles. The van der Waals surface area contributed by atoms with Gasteiger partial charge in [0.2, 0.25) is 0 Å². The van der Waals surface area contributed by atoms with Gasteiger partial charge in [-0.1, -0.05) is 50.3 Å². The molecule has 0 amide bonds. The van der Waals surface area contributed by atoms with Crippen LogP contribution in [0.1, 0.15) is 43.2 Å². The van der Waals surface area contributed by atoms with Crippen molar-refractivity contribution in [3.05, 3.63) is 47.5 Å². The third-order valence-electron chi connectivity index (χ3n) is 5.34. The lowest BCUT2D eigenvalue weighted by atomic mass is 9.77. The third kappa shape index (κ3) is 0.806. The van der Waals surface area contributed by atoms with Crippen molar-refractivity contribution in [3.8, 4) is 0 Å². The van der Waals surface area contributed by atoms with Gasteiger partial charge < -0.3 is 0 Å². The number of hydrogen-bond acceptors (Lipinski definition) is 0. The monoisotopic (exact) mass is 210 g/mol. The summed E-state index contributed by atoms with van der Waals surface area (Å²) < 4.78 is 0. The van der Waals surface area contributed by atoms with Gasteiger partial charge in [0.1, 0.15) is 0 Å². The average molecular weight is 210 g/mol. The molecule has 4 rings (SSSR count). The van der Waals surface area contributed by atoms with Crippen LogP contribution in [0.2, 0.25) is 0 Å². The van der Waals surface area contributed by atoms with Crippen molar-refractivity contribution < 1.29 is 0 Å². The van der Waals surface area contributed by atoms with Crippen LogP contribution in [0.15, 0.2) is 36.4 Å². The van der Waals surface area contributed by atoms with Gasteiger partial charge in [-0.25, -0.2) is 0 Å². The molecule has 82 valence electrons. The molecule has 2 bridgehead atoms. The van der Waals surface area contributed by atoms with Crippen LogP contribution in [-0.4, -0.2) is 0 Å². The molecule has 0 unspecified atom stereocenters. The molecule has 16 heavy (non-hydrogen) atoms. The number of rotatable bonds is 0. The van der Waals surface area contributed by atoms with Crippen molar-refractivity contribution in [1.29, 1.82) is 0 Å². The molecule has 0 saturated heterocycles. The maximum Gasteiger partial charge on any atom is -0.00359 e. The van der Waals surface area contributed by atoms with E-state index in [0.29, 0.717) is 5.41 Å². The van der Waals surface area contributed by atoms with Gasteiger partial charge in [0.25, 0.3) is 0 Å². The molecule has 1 aromatic carbocycles.